The number of ether oxygens (including phenoxy) is 2. The van der Waals surface area contributed by atoms with Crippen LogP contribution in [0.1, 0.15) is 50.4 Å². The van der Waals surface area contributed by atoms with Crippen LogP contribution in [0.25, 0.3) is 5.69 Å². The first-order chi connectivity index (χ1) is 22.4. The van der Waals surface area contributed by atoms with Crippen LogP contribution in [-0.4, -0.2) is 54.1 Å². The third kappa shape index (κ3) is 8.18. The Labute approximate surface area is 281 Å². The van der Waals surface area contributed by atoms with Crippen LogP contribution in [0.3, 0.4) is 0 Å². The molecule has 47 heavy (non-hydrogen) atoms. The van der Waals surface area contributed by atoms with Crippen molar-refractivity contribution in [2.75, 3.05) is 43.3 Å². The molecule has 3 N–H and O–H groups in total. The molecule has 1 fully saturated rings. The molecule has 1 aliphatic rings. The fourth-order valence-electron chi connectivity index (χ4n) is 5.61. The van der Waals surface area contributed by atoms with Gasteiger partial charge in [-0.25, -0.2) is 14.3 Å². The van der Waals surface area contributed by atoms with Crippen LogP contribution in [0.2, 0.25) is 5.02 Å². The number of halogens is 1. The Hall–Kier alpha value is -4.70. The molecule has 10 nitrogen and oxygen atoms in total. The molecular weight excluding hydrogens is 616 g/mol. The quantitative estimate of drug-likeness (QED) is 0.177. The number of amides is 4. The second-order valence-corrected chi connectivity index (χ2v) is 13.3. The summed E-state index contributed by atoms with van der Waals surface area (Å²) in [6.07, 6.45) is 2.45. The number of rotatable bonds is 8. The molecular formula is C36H43ClN6O4. The van der Waals surface area contributed by atoms with Crippen LogP contribution in [0.5, 0.6) is 11.5 Å². The molecule has 248 valence electrons. The maximum Gasteiger partial charge on any atom is 0.324 e. The SMILES string of the molecule is COc1cc(OC)c(NC(=O)N2CCC(Cc3ccccc3NC(=O)Nc3cc(C(C)(C)C)nn3-c3ccc(C)cc3)CC2)cc1Cl. The van der Waals surface area contributed by atoms with Gasteiger partial charge in [0.1, 0.15) is 17.3 Å². The Morgan fingerprint density at radius 1 is 0.894 bits per heavy atom. The number of likely N-dealkylation sites (tertiary alicyclic amines) is 1. The molecule has 0 atom stereocenters. The van der Waals surface area contributed by atoms with Crippen LogP contribution < -0.4 is 25.4 Å². The minimum Gasteiger partial charge on any atom is -0.495 e. The lowest BCUT2D eigenvalue weighted by Gasteiger charge is -2.32. The first-order valence-electron chi connectivity index (χ1n) is 15.8. The summed E-state index contributed by atoms with van der Waals surface area (Å²) in [4.78, 5) is 28.3. The third-order valence-corrected chi connectivity index (χ3v) is 8.68. The highest BCUT2D eigenvalue weighted by Gasteiger charge is 2.26. The number of methoxy groups -OCH3 is 2. The normalized spacial score (nSPS) is 13.6. The number of nitrogens with one attached hydrogen (secondary N) is 3. The van der Waals surface area contributed by atoms with Crippen LogP contribution >= 0.6 is 11.6 Å². The summed E-state index contributed by atoms with van der Waals surface area (Å²) < 4.78 is 12.4. The fourth-order valence-corrected chi connectivity index (χ4v) is 5.85. The lowest BCUT2D eigenvalue weighted by Crippen LogP contribution is -2.41. The molecule has 0 radical (unpaired) electrons. The second kappa shape index (κ2) is 14.4. The van der Waals surface area contributed by atoms with E-state index in [0.717, 1.165) is 47.5 Å². The largest absolute Gasteiger partial charge is 0.495 e. The highest BCUT2D eigenvalue weighted by atomic mass is 35.5. The smallest absolute Gasteiger partial charge is 0.324 e. The van der Waals surface area contributed by atoms with Gasteiger partial charge in [-0.05, 0) is 61.9 Å². The van der Waals surface area contributed by atoms with Crippen molar-refractivity contribution in [2.45, 2.75) is 52.4 Å². The van der Waals surface area contributed by atoms with E-state index in [2.05, 4.69) is 36.7 Å². The molecule has 1 aliphatic heterocycles. The number of anilines is 3. The molecule has 0 bridgehead atoms. The highest BCUT2D eigenvalue weighted by Crippen LogP contribution is 2.36. The topological polar surface area (TPSA) is 110 Å². The zero-order valence-electron chi connectivity index (χ0n) is 27.8. The molecule has 0 aliphatic carbocycles. The average Bonchev–Trinajstić information content (AvgIpc) is 3.47. The standard InChI is InChI=1S/C36H43ClN6O4/c1-23-11-13-26(14-12-23)43-33(22-32(41-43)36(2,3)4)40-34(44)38-28-10-8-7-9-25(28)19-24-15-17-42(18-16-24)35(45)39-29-20-27(37)30(46-5)21-31(29)47-6/h7-14,20-22,24H,15-19H2,1-6H3,(H,39,45)(H2,38,40,44). The van der Waals surface area contributed by atoms with E-state index in [0.29, 0.717) is 47.0 Å². The van der Waals surface area contributed by atoms with E-state index in [1.807, 2.05) is 61.5 Å². The maximum atomic E-state index is 13.4. The van der Waals surface area contributed by atoms with Crippen molar-refractivity contribution >= 4 is 40.9 Å². The lowest BCUT2D eigenvalue weighted by molar-refractivity contribution is 0.182. The van der Waals surface area contributed by atoms with E-state index < -0.39 is 0 Å². The molecule has 1 saturated heterocycles. The van der Waals surface area contributed by atoms with Gasteiger partial charge in [-0.1, -0.05) is 68.3 Å². The zero-order valence-corrected chi connectivity index (χ0v) is 28.6. The van der Waals surface area contributed by atoms with E-state index >= 15 is 0 Å². The van der Waals surface area contributed by atoms with E-state index in [1.165, 1.54) is 14.2 Å². The van der Waals surface area contributed by atoms with Gasteiger partial charge in [0.25, 0.3) is 0 Å². The predicted octanol–water partition coefficient (Wildman–Crippen LogP) is 8.28. The Morgan fingerprint density at radius 3 is 2.23 bits per heavy atom. The van der Waals surface area contributed by atoms with E-state index in [9.17, 15) is 9.59 Å². The van der Waals surface area contributed by atoms with E-state index in [1.54, 1.807) is 21.7 Å². The monoisotopic (exact) mass is 658 g/mol. The Kier molecular flexibility index (Phi) is 10.3. The van der Waals surface area contributed by atoms with Gasteiger partial charge in [-0.2, -0.15) is 5.10 Å². The van der Waals surface area contributed by atoms with Gasteiger partial charge in [0.2, 0.25) is 0 Å². The van der Waals surface area contributed by atoms with Gasteiger partial charge in [-0.15, -0.1) is 0 Å². The van der Waals surface area contributed by atoms with Gasteiger partial charge >= 0.3 is 12.1 Å². The molecule has 5 rings (SSSR count). The Balaban J connectivity index is 1.21. The fraction of sp³-hybridized carbons (Fsp3) is 0.361. The summed E-state index contributed by atoms with van der Waals surface area (Å²) in [5.74, 6) is 1.89. The number of hydrogen-bond donors (Lipinski definition) is 3. The summed E-state index contributed by atoms with van der Waals surface area (Å²) in [6, 6.07) is 20.6. The first kappa shape index (κ1) is 33.7. The number of nitrogens with zero attached hydrogens (tertiary/aromatic N) is 3. The first-order valence-corrected chi connectivity index (χ1v) is 16.1. The number of carbonyl (C=O) groups is 2. The summed E-state index contributed by atoms with van der Waals surface area (Å²) in [6.45, 7) is 9.55. The van der Waals surface area contributed by atoms with Crippen LogP contribution in [0.4, 0.5) is 26.8 Å². The third-order valence-electron chi connectivity index (χ3n) is 8.39. The number of carbonyl (C=O) groups excluding carboxylic acids is 2. The zero-order chi connectivity index (χ0) is 33.7. The van der Waals surface area contributed by atoms with Gasteiger partial charge in [0.05, 0.1) is 36.3 Å². The highest BCUT2D eigenvalue weighted by molar-refractivity contribution is 6.32. The average molecular weight is 659 g/mol. The molecule has 3 aromatic carbocycles. The molecule has 0 saturated carbocycles. The maximum absolute atomic E-state index is 13.4. The number of hydrogen-bond acceptors (Lipinski definition) is 5. The van der Waals surface area contributed by atoms with Gasteiger partial charge < -0.3 is 25.0 Å². The van der Waals surface area contributed by atoms with Crippen molar-refractivity contribution in [3.05, 3.63) is 88.6 Å². The van der Waals surface area contributed by atoms with Crippen LogP contribution in [0.15, 0.2) is 66.7 Å². The summed E-state index contributed by atoms with van der Waals surface area (Å²) in [7, 11) is 3.06. The number of benzene rings is 3. The summed E-state index contributed by atoms with van der Waals surface area (Å²) in [5, 5.41) is 14.2. The van der Waals surface area contributed by atoms with Gasteiger partial charge in [0, 0.05) is 36.3 Å². The van der Waals surface area contributed by atoms with Crippen molar-refractivity contribution in [1.82, 2.24) is 14.7 Å². The molecule has 4 aromatic rings. The molecule has 2 heterocycles. The lowest BCUT2D eigenvalue weighted by atomic mass is 9.89. The van der Waals surface area contributed by atoms with E-state index in [-0.39, 0.29) is 17.5 Å². The van der Waals surface area contributed by atoms with Crippen molar-refractivity contribution in [2.24, 2.45) is 5.92 Å². The van der Waals surface area contributed by atoms with Gasteiger partial charge in [-0.3, -0.25) is 5.32 Å². The van der Waals surface area contributed by atoms with Crippen LogP contribution in [0, 0.1) is 12.8 Å². The second-order valence-electron chi connectivity index (χ2n) is 12.9. The number of para-hydroxylation sites is 1. The van der Waals surface area contributed by atoms with Crippen molar-refractivity contribution in [3.63, 3.8) is 0 Å². The number of aryl methyl sites for hydroxylation is 1. The predicted molar refractivity (Wildman–Crippen MR) is 188 cm³/mol. The molecule has 11 heteroatoms. The Morgan fingerprint density at radius 2 is 1.57 bits per heavy atom. The number of piperidine rings is 1. The van der Waals surface area contributed by atoms with E-state index in [4.69, 9.17) is 26.2 Å². The number of aromatic nitrogens is 2. The summed E-state index contributed by atoms with van der Waals surface area (Å²) in [5.41, 5.74) is 4.99. The molecule has 0 unspecified atom stereocenters. The van der Waals surface area contributed by atoms with Crippen LogP contribution in [-0.2, 0) is 11.8 Å². The number of urea groups is 2. The molecule has 0 spiro atoms. The molecule has 4 amide bonds. The van der Waals surface area contributed by atoms with Crippen molar-refractivity contribution in [3.8, 4) is 17.2 Å². The minimum absolute atomic E-state index is 0.192. The minimum atomic E-state index is -0.341. The molecule has 1 aromatic heterocycles. The van der Waals surface area contributed by atoms with Gasteiger partial charge in [0.15, 0.2) is 0 Å². The van der Waals surface area contributed by atoms with Crippen molar-refractivity contribution in [1.29, 1.82) is 0 Å². The summed E-state index contributed by atoms with van der Waals surface area (Å²) >= 11 is 6.28. The van der Waals surface area contributed by atoms with Crippen molar-refractivity contribution < 1.29 is 19.1 Å². The Bertz CT molecular complexity index is 1720.